The Kier molecular flexibility index (Phi) is 4.17. The van der Waals surface area contributed by atoms with E-state index < -0.39 is 0 Å². The van der Waals surface area contributed by atoms with Crippen LogP contribution < -0.4 is 11.1 Å². The van der Waals surface area contributed by atoms with Crippen molar-refractivity contribution < 1.29 is 0 Å². The van der Waals surface area contributed by atoms with Crippen molar-refractivity contribution in [2.75, 3.05) is 11.1 Å². The van der Waals surface area contributed by atoms with E-state index in [4.69, 9.17) is 5.73 Å². The van der Waals surface area contributed by atoms with Gasteiger partial charge in [-0.3, -0.25) is 4.98 Å². The van der Waals surface area contributed by atoms with Crippen molar-refractivity contribution in [2.24, 2.45) is 0 Å². The Balaban J connectivity index is 2.23. The average molecular weight is 271 g/mol. The van der Waals surface area contributed by atoms with E-state index in [1.165, 1.54) is 5.56 Å². The van der Waals surface area contributed by atoms with E-state index in [9.17, 15) is 0 Å². The highest BCUT2D eigenvalue weighted by molar-refractivity contribution is 5.55. The van der Waals surface area contributed by atoms with Gasteiger partial charge in [0.15, 0.2) is 0 Å². The minimum Gasteiger partial charge on any atom is -0.383 e. The summed E-state index contributed by atoms with van der Waals surface area (Å²) < 4.78 is 0. The highest BCUT2D eigenvalue weighted by atomic mass is 15.1. The second-order valence-electron chi connectivity index (χ2n) is 5.25. The minimum absolute atomic E-state index is 0.249. The summed E-state index contributed by atoms with van der Waals surface area (Å²) in [5.41, 5.74) is 9.19. The zero-order valence-corrected chi connectivity index (χ0v) is 12.4. The van der Waals surface area contributed by atoms with E-state index in [0.717, 1.165) is 22.8 Å². The van der Waals surface area contributed by atoms with Gasteiger partial charge < -0.3 is 11.1 Å². The van der Waals surface area contributed by atoms with E-state index in [1.807, 2.05) is 19.2 Å². The molecule has 3 N–H and O–H groups in total. The number of rotatable bonds is 4. The third-order valence-electron chi connectivity index (χ3n) is 3.31. The Morgan fingerprint density at radius 3 is 2.65 bits per heavy atom. The van der Waals surface area contributed by atoms with Gasteiger partial charge in [-0.1, -0.05) is 13.8 Å². The van der Waals surface area contributed by atoms with Gasteiger partial charge in [0.1, 0.15) is 17.5 Å². The molecule has 0 aromatic carbocycles. The van der Waals surface area contributed by atoms with E-state index in [2.05, 4.69) is 41.0 Å². The first-order chi connectivity index (χ1) is 9.49. The second kappa shape index (κ2) is 5.86. The number of nitrogens with one attached hydrogen (secondary N) is 1. The number of aromatic nitrogens is 3. The van der Waals surface area contributed by atoms with E-state index in [0.29, 0.717) is 12.4 Å². The van der Waals surface area contributed by atoms with Crippen molar-refractivity contribution in [1.29, 1.82) is 0 Å². The Morgan fingerprint density at radius 1 is 1.25 bits per heavy atom. The van der Waals surface area contributed by atoms with Crippen LogP contribution in [0.1, 0.15) is 42.3 Å². The minimum atomic E-state index is 0.249. The fourth-order valence-corrected chi connectivity index (χ4v) is 1.84. The quantitative estimate of drug-likeness (QED) is 0.894. The predicted molar refractivity (Wildman–Crippen MR) is 81.6 cm³/mol. The first-order valence-electron chi connectivity index (χ1n) is 6.76. The largest absolute Gasteiger partial charge is 0.383 e. The summed E-state index contributed by atoms with van der Waals surface area (Å²) in [5.74, 6) is 2.34. The topological polar surface area (TPSA) is 76.7 Å². The van der Waals surface area contributed by atoms with Crippen LogP contribution in [0.15, 0.2) is 18.5 Å². The number of hydrogen-bond acceptors (Lipinski definition) is 5. The molecular weight excluding hydrogens is 250 g/mol. The smallest absolute Gasteiger partial charge is 0.135 e. The van der Waals surface area contributed by atoms with Crippen LogP contribution in [0, 0.1) is 13.8 Å². The summed E-state index contributed by atoms with van der Waals surface area (Å²) in [6.45, 7) is 8.78. The summed E-state index contributed by atoms with van der Waals surface area (Å²) in [5, 5.41) is 3.34. The van der Waals surface area contributed by atoms with Crippen LogP contribution in [-0.4, -0.2) is 15.0 Å². The maximum absolute atomic E-state index is 5.95. The van der Waals surface area contributed by atoms with E-state index in [-0.39, 0.29) is 5.92 Å². The number of nitrogens with zero attached hydrogens (tertiary/aromatic N) is 3. The zero-order valence-electron chi connectivity index (χ0n) is 12.4. The van der Waals surface area contributed by atoms with Gasteiger partial charge in [-0.2, -0.15) is 0 Å². The maximum Gasteiger partial charge on any atom is 0.135 e. The van der Waals surface area contributed by atoms with Crippen molar-refractivity contribution in [2.45, 2.75) is 40.2 Å². The molecule has 0 saturated heterocycles. The van der Waals surface area contributed by atoms with Gasteiger partial charge >= 0.3 is 0 Å². The number of nitrogen functional groups attached to an aromatic ring is 1. The molecule has 2 heterocycles. The van der Waals surface area contributed by atoms with Crippen LogP contribution in [0.5, 0.6) is 0 Å². The van der Waals surface area contributed by atoms with Crippen LogP contribution >= 0.6 is 0 Å². The maximum atomic E-state index is 5.95. The molecule has 0 unspecified atom stereocenters. The molecule has 0 spiro atoms. The predicted octanol–water partition coefficient (Wildman–Crippen LogP) is 2.81. The average Bonchev–Trinajstić information content (AvgIpc) is 2.41. The van der Waals surface area contributed by atoms with Gasteiger partial charge in [-0.15, -0.1) is 0 Å². The fourth-order valence-electron chi connectivity index (χ4n) is 1.84. The number of anilines is 2. The molecule has 0 aliphatic heterocycles. The van der Waals surface area contributed by atoms with Gasteiger partial charge in [0.25, 0.3) is 0 Å². The number of nitrogens with two attached hydrogens (primary N) is 1. The fraction of sp³-hybridized carbons (Fsp3) is 0.400. The van der Waals surface area contributed by atoms with Crippen LogP contribution in [-0.2, 0) is 6.54 Å². The molecule has 5 nitrogen and oxygen atoms in total. The van der Waals surface area contributed by atoms with Gasteiger partial charge in [-0.25, -0.2) is 9.97 Å². The first-order valence-corrected chi connectivity index (χ1v) is 6.76. The molecule has 0 atom stereocenters. The lowest BCUT2D eigenvalue weighted by Gasteiger charge is -2.14. The summed E-state index contributed by atoms with van der Waals surface area (Å²) in [4.78, 5) is 13.0. The van der Waals surface area contributed by atoms with Crippen molar-refractivity contribution >= 4 is 11.6 Å². The van der Waals surface area contributed by atoms with Gasteiger partial charge in [-0.05, 0) is 31.0 Å². The first kappa shape index (κ1) is 14.2. The summed E-state index contributed by atoms with van der Waals surface area (Å²) in [6.07, 6.45) is 3.66. The van der Waals surface area contributed by atoms with Crippen LogP contribution in [0.3, 0.4) is 0 Å². The molecule has 0 aliphatic rings. The lowest BCUT2D eigenvalue weighted by atomic mass is 10.1. The molecular formula is C15H21N5. The highest BCUT2D eigenvalue weighted by Crippen LogP contribution is 2.21. The Morgan fingerprint density at radius 2 is 2.00 bits per heavy atom. The molecule has 20 heavy (non-hydrogen) atoms. The van der Waals surface area contributed by atoms with Crippen LogP contribution in [0.4, 0.5) is 11.6 Å². The van der Waals surface area contributed by atoms with E-state index >= 15 is 0 Å². The lowest BCUT2D eigenvalue weighted by Crippen LogP contribution is -2.11. The summed E-state index contributed by atoms with van der Waals surface area (Å²) >= 11 is 0. The van der Waals surface area contributed by atoms with Crippen LogP contribution in [0.2, 0.25) is 0 Å². The molecule has 0 fully saturated rings. The standard InChI is InChI=1S/C15H21N5/c1-9(2)14-19-13(16)11(4)15(20-14)18-8-12-7-17-6-5-10(12)3/h5-7,9H,8H2,1-4H3,(H3,16,18,19,20). The molecule has 0 bridgehead atoms. The number of aryl methyl sites for hydroxylation is 1. The molecule has 106 valence electrons. The Labute approximate surface area is 119 Å². The van der Waals surface area contributed by atoms with Gasteiger partial charge in [0, 0.05) is 30.4 Å². The molecule has 2 aromatic rings. The normalized spacial score (nSPS) is 10.8. The molecule has 5 heteroatoms. The monoisotopic (exact) mass is 271 g/mol. The summed E-state index contributed by atoms with van der Waals surface area (Å²) in [7, 11) is 0. The lowest BCUT2D eigenvalue weighted by molar-refractivity contribution is 0.774. The third kappa shape index (κ3) is 3.04. The molecule has 2 rings (SSSR count). The zero-order chi connectivity index (χ0) is 14.7. The Hall–Kier alpha value is -2.17. The van der Waals surface area contributed by atoms with E-state index in [1.54, 1.807) is 6.20 Å². The molecule has 0 radical (unpaired) electrons. The van der Waals surface area contributed by atoms with Gasteiger partial charge in [0.2, 0.25) is 0 Å². The van der Waals surface area contributed by atoms with Crippen molar-refractivity contribution in [3.05, 3.63) is 41.0 Å². The molecule has 0 aliphatic carbocycles. The van der Waals surface area contributed by atoms with Crippen molar-refractivity contribution in [1.82, 2.24) is 15.0 Å². The third-order valence-corrected chi connectivity index (χ3v) is 3.31. The highest BCUT2D eigenvalue weighted by Gasteiger charge is 2.11. The molecule has 0 saturated carbocycles. The van der Waals surface area contributed by atoms with Crippen LogP contribution in [0.25, 0.3) is 0 Å². The second-order valence-corrected chi connectivity index (χ2v) is 5.25. The van der Waals surface area contributed by atoms with Crippen molar-refractivity contribution in [3.8, 4) is 0 Å². The molecule has 2 aromatic heterocycles. The number of pyridine rings is 1. The molecule has 0 amide bonds. The van der Waals surface area contributed by atoms with Crippen molar-refractivity contribution in [3.63, 3.8) is 0 Å². The Bertz CT molecular complexity index is 607. The number of hydrogen-bond donors (Lipinski definition) is 2. The SMILES string of the molecule is Cc1ccncc1CNc1nc(C(C)C)nc(N)c1C. The van der Waals surface area contributed by atoms with Gasteiger partial charge in [0.05, 0.1) is 0 Å². The summed E-state index contributed by atoms with van der Waals surface area (Å²) in [6, 6.07) is 2.00.